The number of amides is 2. The molecule has 286 valence electrons. The fourth-order valence-electron chi connectivity index (χ4n) is 6.08. The van der Waals surface area contributed by atoms with Gasteiger partial charge in [0.25, 0.3) is 5.56 Å². The van der Waals surface area contributed by atoms with Crippen molar-refractivity contribution in [3.05, 3.63) is 163 Å². The molecule has 0 saturated carbocycles. The van der Waals surface area contributed by atoms with Crippen LogP contribution in [0.5, 0.6) is 5.75 Å². The Morgan fingerprint density at radius 1 is 0.764 bits per heavy atom. The molecule has 10 heteroatoms. The second-order valence-electron chi connectivity index (χ2n) is 14.9. The van der Waals surface area contributed by atoms with Crippen molar-refractivity contribution in [3.63, 3.8) is 0 Å². The molecule has 0 unspecified atom stereocenters. The summed E-state index contributed by atoms with van der Waals surface area (Å²) in [6, 6.07) is 30.9. The lowest BCUT2D eigenvalue weighted by Gasteiger charge is -2.28. The van der Waals surface area contributed by atoms with Crippen LogP contribution < -0.4 is 20.9 Å². The number of carbonyl (C=O) groups excluding carboxylic acids is 3. The van der Waals surface area contributed by atoms with Gasteiger partial charge in [-0.1, -0.05) is 96.6 Å². The molecule has 4 aromatic carbocycles. The number of nitrogens with zero attached hydrogens (tertiary/aromatic N) is 1. The zero-order valence-electron chi connectivity index (χ0n) is 32.4. The number of ether oxygens (including phenoxy) is 2. The van der Waals surface area contributed by atoms with Crippen molar-refractivity contribution in [3.8, 4) is 5.75 Å². The Morgan fingerprint density at radius 3 is 1.96 bits per heavy atom. The summed E-state index contributed by atoms with van der Waals surface area (Å²) in [7, 11) is 1.59. The number of nitrogens with one attached hydrogen (secondary N) is 2. The van der Waals surface area contributed by atoms with E-state index in [4.69, 9.17) is 9.47 Å². The second-order valence-corrected chi connectivity index (χ2v) is 15.7. The lowest BCUT2D eigenvalue weighted by Crippen LogP contribution is -2.51. The van der Waals surface area contributed by atoms with Crippen molar-refractivity contribution in [2.24, 2.45) is 0 Å². The van der Waals surface area contributed by atoms with Gasteiger partial charge in [0.2, 0.25) is 11.8 Å². The summed E-state index contributed by atoms with van der Waals surface area (Å²) in [5.74, 6) is -0.559. The van der Waals surface area contributed by atoms with Gasteiger partial charge in [0.15, 0.2) is 0 Å². The second kappa shape index (κ2) is 17.3. The van der Waals surface area contributed by atoms with Crippen LogP contribution in [0, 0.1) is 13.8 Å². The van der Waals surface area contributed by atoms with Gasteiger partial charge in [-0.25, -0.2) is 0 Å². The predicted octanol–water partition coefficient (Wildman–Crippen LogP) is 7.95. The molecule has 0 aliphatic heterocycles. The molecule has 0 aliphatic rings. The third kappa shape index (κ3) is 9.80. The number of aromatic nitrogens is 1. The molecule has 5 aromatic rings. The molecule has 1 aromatic heterocycles. The van der Waals surface area contributed by atoms with E-state index in [1.807, 2.05) is 124 Å². The molecule has 0 bridgehead atoms. The highest BCUT2D eigenvalue weighted by Crippen LogP contribution is 2.28. The first-order valence-corrected chi connectivity index (χ1v) is 18.9. The van der Waals surface area contributed by atoms with E-state index in [-0.39, 0.29) is 42.7 Å². The summed E-state index contributed by atoms with van der Waals surface area (Å²) >= 11 is 3.57. The molecule has 0 spiro atoms. The van der Waals surface area contributed by atoms with Crippen molar-refractivity contribution in [2.45, 2.75) is 78.0 Å². The standard InChI is InChI=1S/C45H48BrN3O6/c1-29-13-19-34(20-14-29)44(3,4)42(52)47-38(25-31-15-21-35(22-16-31)45(5,6)43(53)55-28-33-11-9-8-10-12-33)40(50)48-39-30(2)37(46)27-49(41(39)51)26-32-17-23-36(54-7)24-18-32/h8-24,27,38H,25-26,28H2,1-7H3,(H,47,52)(H,48,50)/t38-/m0/s1. The zero-order valence-corrected chi connectivity index (χ0v) is 34.0. The lowest BCUT2D eigenvalue weighted by atomic mass is 9.82. The summed E-state index contributed by atoms with van der Waals surface area (Å²) in [6.45, 7) is 11.4. The number of aryl methyl sites for hydroxylation is 1. The van der Waals surface area contributed by atoms with Gasteiger partial charge < -0.3 is 24.7 Å². The van der Waals surface area contributed by atoms with E-state index in [2.05, 4.69) is 26.6 Å². The molecule has 55 heavy (non-hydrogen) atoms. The van der Waals surface area contributed by atoms with E-state index in [0.717, 1.165) is 33.4 Å². The molecule has 0 aliphatic carbocycles. The van der Waals surface area contributed by atoms with Crippen molar-refractivity contribution in [1.29, 1.82) is 0 Å². The average molecular weight is 807 g/mol. The Morgan fingerprint density at radius 2 is 1.35 bits per heavy atom. The number of carbonyl (C=O) groups is 3. The summed E-state index contributed by atoms with van der Waals surface area (Å²) in [5, 5.41) is 5.86. The van der Waals surface area contributed by atoms with Crippen molar-refractivity contribution in [2.75, 3.05) is 12.4 Å². The third-order valence-electron chi connectivity index (χ3n) is 10.0. The highest BCUT2D eigenvalue weighted by molar-refractivity contribution is 9.10. The molecule has 2 N–H and O–H groups in total. The number of rotatable bonds is 14. The Bertz CT molecular complexity index is 2190. The fraction of sp³-hybridized carbons (Fsp3) is 0.289. The maximum atomic E-state index is 14.3. The van der Waals surface area contributed by atoms with Gasteiger partial charge in [0, 0.05) is 17.1 Å². The summed E-state index contributed by atoms with van der Waals surface area (Å²) in [6.07, 6.45) is 1.81. The molecule has 1 atom stereocenters. The number of halogens is 1. The number of hydrogen-bond acceptors (Lipinski definition) is 6. The number of esters is 1. The first kappa shape index (κ1) is 40.7. The number of hydrogen-bond donors (Lipinski definition) is 2. The molecular formula is C45H48BrN3O6. The molecule has 0 saturated heterocycles. The van der Waals surface area contributed by atoms with Crippen molar-refractivity contribution < 1.29 is 23.9 Å². The smallest absolute Gasteiger partial charge is 0.316 e. The van der Waals surface area contributed by atoms with Gasteiger partial charge in [-0.2, -0.15) is 0 Å². The number of benzene rings is 4. The Labute approximate surface area is 331 Å². The van der Waals surface area contributed by atoms with Crippen LogP contribution in [0.25, 0.3) is 0 Å². The highest BCUT2D eigenvalue weighted by atomic mass is 79.9. The molecule has 0 fully saturated rings. The predicted molar refractivity (Wildman–Crippen MR) is 219 cm³/mol. The largest absolute Gasteiger partial charge is 0.497 e. The fourth-order valence-corrected chi connectivity index (χ4v) is 6.53. The van der Waals surface area contributed by atoms with Gasteiger partial charge >= 0.3 is 5.97 Å². The minimum Gasteiger partial charge on any atom is -0.497 e. The van der Waals surface area contributed by atoms with E-state index in [0.29, 0.717) is 15.8 Å². The van der Waals surface area contributed by atoms with Gasteiger partial charge in [-0.05, 0) is 103 Å². The van der Waals surface area contributed by atoms with Gasteiger partial charge in [0.1, 0.15) is 24.1 Å². The van der Waals surface area contributed by atoms with Gasteiger partial charge in [-0.15, -0.1) is 0 Å². The van der Waals surface area contributed by atoms with Crippen molar-refractivity contribution in [1.82, 2.24) is 9.88 Å². The van der Waals surface area contributed by atoms with E-state index >= 15 is 0 Å². The van der Waals surface area contributed by atoms with Crippen molar-refractivity contribution >= 4 is 39.4 Å². The minimum atomic E-state index is -1.06. The summed E-state index contributed by atoms with van der Waals surface area (Å²) in [5.41, 5.74) is 3.47. The molecule has 9 nitrogen and oxygen atoms in total. The van der Waals surface area contributed by atoms with Crippen LogP contribution in [-0.2, 0) is 49.5 Å². The van der Waals surface area contributed by atoms with E-state index in [9.17, 15) is 19.2 Å². The van der Waals surface area contributed by atoms with E-state index in [1.54, 1.807) is 34.1 Å². The quantitative estimate of drug-likeness (QED) is 0.110. The zero-order chi connectivity index (χ0) is 39.9. The van der Waals surface area contributed by atoms with Crippen LogP contribution in [0.3, 0.4) is 0 Å². The lowest BCUT2D eigenvalue weighted by molar-refractivity contribution is -0.150. The first-order chi connectivity index (χ1) is 26.1. The molecule has 1 heterocycles. The third-order valence-corrected chi connectivity index (χ3v) is 10.8. The Balaban J connectivity index is 1.41. The first-order valence-electron chi connectivity index (χ1n) is 18.1. The van der Waals surface area contributed by atoms with Crippen LogP contribution in [0.4, 0.5) is 5.69 Å². The number of anilines is 1. The minimum absolute atomic E-state index is 0.107. The monoisotopic (exact) mass is 805 g/mol. The Hall–Kier alpha value is -5.48. The van der Waals surface area contributed by atoms with Crippen LogP contribution in [-0.4, -0.2) is 35.5 Å². The Kier molecular flexibility index (Phi) is 12.8. The van der Waals surface area contributed by atoms with Crippen LogP contribution >= 0.6 is 15.9 Å². The van der Waals surface area contributed by atoms with Crippen LogP contribution in [0.15, 0.2) is 119 Å². The highest BCUT2D eigenvalue weighted by Gasteiger charge is 2.35. The average Bonchev–Trinajstić information content (AvgIpc) is 3.18. The SMILES string of the molecule is COc1ccc(Cn2cc(Br)c(C)c(NC(=O)[C@H](Cc3ccc(C(C)(C)C(=O)OCc4ccccc4)cc3)NC(=O)C(C)(C)c3ccc(C)cc3)c2=O)cc1. The van der Waals surface area contributed by atoms with E-state index in [1.165, 1.54) is 4.57 Å². The number of methoxy groups -OCH3 is 1. The molecular weight excluding hydrogens is 758 g/mol. The maximum Gasteiger partial charge on any atom is 0.316 e. The van der Waals surface area contributed by atoms with E-state index < -0.39 is 22.8 Å². The molecule has 2 amide bonds. The molecule has 5 rings (SSSR count). The molecule has 0 radical (unpaired) electrons. The maximum absolute atomic E-state index is 14.3. The van der Waals surface area contributed by atoms with Gasteiger partial charge in [0.05, 0.1) is 24.5 Å². The van der Waals surface area contributed by atoms with Crippen LogP contribution in [0.1, 0.15) is 66.6 Å². The normalized spacial score (nSPS) is 12.1. The van der Waals surface area contributed by atoms with Gasteiger partial charge in [-0.3, -0.25) is 19.2 Å². The van der Waals surface area contributed by atoms with Crippen LogP contribution in [0.2, 0.25) is 0 Å². The summed E-state index contributed by atoms with van der Waals surface area (Å²) < 4.78 is 13.1. The number of pyridine rings is 1. The summed E-state index contributed by atoms with van der Waals surface area (Å²) in [4.78, 5) is 55.3. The topological polar surface area (TPSA) is 116 Å².